The Labute approximate surface area is 103 Å². The van der Waals surface area contributed by atoms with Gasteiger partial charge < -0.3 is 9.80 Å². The van der Waals surface area contributed by atoms with Crippen molar-refractivity contribution in [3.8, 4) is 0 Å². The van der Waals surface area contributed by atoms with Gasteiger partial charge in [-0.3, -0.25) is 0 Å². The van der Waals surface area contributed by atoms with Crippen LogP contribution in [0, 0.1) is 0 Å². The molecule has 16 heavy (non-hydrogen) atoms. The third-order valence-electron chi connectivity index (χ3n) is 3.60. The van der Waals surface area contributed by atoms with Crippen molar-refractivity contribution < 1.29 is 0 Å². The minimum absolute atomic E-state index is 0.365. The maximum Gasteiger partial charge on any atom is 0.0147 e. The van der Waals surface area contributed by atoms with Crippen LogP contribution in [0.4, 0.5) is 0 Å². The minimum atomic E-state index is 0.365. The molecular weight excluding hydrogens is 196 g/mol. The van der Waals surface area contributed by atoms with Crippen molar-refractivity contribution in [1.82, 2.24) is 9.80 Å². The molecule has 0 aromatic carbocycles. The number of hydrogen-bond acceptors (Lipinski definition) is 2. The topological polar surface area (TPSA) is 6.48 Å². The Hall–Kier alpha value is -0.0800. The summed E-state index contributed by atoms with van der Waals surface area (Å²) in [6.07, 6.45) is 8.22. The van der Waals surface area contributed by atoms with Crippen LogP contribution in [0.25, 0.3) is 0 Å². The lowest BCUT2D eigenvalue weighted by molar-refractivity contribution is 0.177. The van der Waals surface area contributed by atoms with E-state index in [1.54, 1.807) is 0 Å². The molecule has 2 nitrogen and oxygen atoms in total. The zero-order chi connectivity index (χ0) is 12.6. The van der Waals surface area contributed by atoms with Crippen LogP contribution in [0.2, 0.25) is 0 Å². The van der Waals surface area contributed by atoms with E-state index in [9.17, 15) is 0 Å². The molecule has 0 aromatic rings. The fourth-order valence-electron chi connectivity index (χ4n) is 1.74. The Bertz CT molecular complexity index is 162. The van der Waals surface area contributed by atoms with Crippen LogP contribution in [0.15, 0.2) is 0 Å². The molecule has 0 saturated carbocycles. The lowest BCUT2D eigenvalue weighted by Gasteiger charge is -2.32. The highest BCUT2D eigenvalue weighted by Gasteiger charge is 2.18. The third kappa shape index (κ3) is 8.12. The largest absolute Gasteiger partial charge is 0.309 e. The second-order valence-electron chi connectivity index (χ2n) is 6.03. The molecule has 2 heteroatoms. The Morgan fingerprint density at radius 2 is 1.25 bits per heavy atom. The Morgan fingerprint density at radius 3 is 1.75 bits per heavy atom. The summed E-state index contributed by atoms with van der Waals surface area (Å²) in [6, 6.07) is 0. The first-order valence-corrected chi connectivity index (χ1v) is 6.68. The van der Waals surface area contributed by atoms with Crippen LogP contribution in [-0.2, 0) is 0 Å². The maximum absolute atomic E-state index is 2.33. The Kier molecular flexibility index (Phi) is 8.04. The first kappa shape index (κ1) is 15.9. The average Bonchev–Trinajstić information content (AvgIpc) is 2.15. The van der Waals surface area contributed by atoms with E-state index in [4.69, 9.17) is 0 Å². The van der Waals surface area contributed by atoms with E-state index in [0.717, 1.165) is 0 Å². The van der Waals surface area contributed by atoms with Gasteiger partial charge in [-0.05, 0) is 61.4 Å². The fraction of sp³-hybridized carbons (Fsp3) is 1.00. The van der Waals surface area contributed by atoms with Crippen molar-refractivity contribution in [3.05, 3.63) is 0 Å². The molecule has 0 aliphatic heterocycles. The third-order valence-corrected chi connectivity index (χ3v) is 3.60. The predicted molar refractivity (Wildman–Crippen MR) is 74.0 cm³/mol. The standard InChI is InChI=1S/C14H32N2/c1-14(2,16(5)6)12-10-8-7-9-11-13-15(3)4/h7-13H2,1-6H3. The molecule has 0 aliphatic carbocycles. The van der Waals surface area contributed by atoms with Gasteiger partial charge in [0.15, 0.2) is 0 Å². The highest BCUT2D eigenvalue weighted by molar-refractivity contribution is 4.76. The van der Waals surface area contributed by atoms with Gasteiger partial charge in [0, 0.05) is 5.54 Å². The highest BCUT2D eigenvalue weighted by Crippen LogP contribution is 2.19. The molecule has 0 atom stereocenters. The Balaban J connectivity index is 3.34. The SMILES string of the molecule is CN(C)CCCCCCCC(C)(C)N(C)C. The van der Waals surface area contributed by atoms with E-state index >= 15 is 0 Å². The van der Waals surface area contributed by atoms with Crippen molar-refractivity contribution in [2.24, 2.45) is 0 Å². The summed E-state index contributed by atoms with van der Waals surface area (Å²) in [5, 5.41) is 0. The second kappa shape index (κ2) is 8.08. The van der Waals surface area contributed by atoms with Crippen LogP contribution >= 0.6 is 0 Å². The van der Waals surface area contributed by atoms with Crippen LogP contribution in [0.3, 0.4) is 0 Å². The maximum atomic E-state index is 2.33. The Morgan fingerprint density at radius 1 is 0.750 bits per heavy atom. The quantitative estimate of drug-likeness (QED) is 0.559. The number of unbranched alkanes of at least 4 members (excludes halogenated alkanes) is 4. The molecule has 0 spiro atoms. The van der Waals surface area contributed by atoms with Gasteiger partial charge in [-0.25, -0.2) is 0 Å². The molecule has 0 aliphatic rings. The first-order chi connectivity index (χ1) is 7.36. The molecule has 0 unspecified atom stereocenters. The van der Waals surface area contributed by atoms with Gasteiger partial charge in [0.2, 0.25) is 0 Å². The lowest BCUT2D eigenvalue weighted by atomic mass is 9.95. The molecule has 0 amide bonds. The van der Waals surface area contributed by atoms with Gasteiger partial charge in [-0.2, -0.15) is 0 Å². The fourth-order valence-corrected chi connectivity index (χ4v) is 1.74. The van der Waals surface area contributed by atoms with Gasteiger partial charge in [-0.1, -0.05) is 25.7 Å². The minimum Gasteiger partial charge on any atom is -0.309 e. The number of rotatable bonds is 9. The molecule has 0 fully saturated rings. The van der Waals surface area contributed by atoms with Crippen molar-refractivity contribution in [1.29, 1.82) is 0 Å². The van der Waals surface area contributed by atoms with E-state index in [-0.39, 0.29) is 0 Å². The first-order valence-electron chi connectivity index (χ1n) is 6.68. The van der Waals surface area contributed by atoms with E-state index in [1.165, 1.54) is 45.1 Å². The second-order valence-corrected chi connectivity index (χ2v) is 6.03. The summed E-state index contributed by atoms with van der Waals surface area (Å²) in [4.78, 5) is 4.61. The summed E-state index contributed by atoms with van der Waals surface area (Å²) in [7, 11) is 8.66. The molecule has 0 aromatic heterocycles. The summed E-state index contributed by atoms with van der Waals surface area (Å²) in [5.41, 5.74) is 0.365. The van der Waals surface area contributed by atoms with Gasteiger partial charge >= 0.3 is 0 Å². The molecular formula is C14H32N2. The molecule has 0 radical (unpaired) electrons. The number of hydrogen-bond donors (Lipinski definition) is 0. The van der Waals surface area contributed by atoms with Crippen LogP contribution in [-0.4, -0.2) is 50.1 Å². The van der Waals surface area contributed by atoms with E-state index in [1.807, 2.05) is 0 Å². The van der Waals surface area contributed by atoms with Crippen LogP contribution < -0.4 is 0 Å². The molecule has 0 N–H and O–H groups in total. The molecule has 0 saturated heterocycles. The molecule has 0 heterocycles. The summed E-state index contributed by atoms with van der Waals surface area (Å²) in [6.45, 7) is 5.90. The summed E-state index contributed by atoms with van der Waals surface area (Å²) >= 11 is 0. The molecule has 0 bridgehead atoms. The summed E-state index contributed by atoms with van der Waals surface area (Å²) < 4.78 is 0. The predicted octanol–water partition coefficient (Wildman–Crippen LogP) is 3.23. The van der Waals surface area contributed by atoms with Crippen LogP contribution in [0.1, 0.15) is 52.4 Å². The summed E-state index contributed by atoms with van der Waals surface area (Å²) in [5.74, 6) is 0. The van der Waals surface area contributed by atoms with E-state index in [2.05, 4.69) is 51.8 Å². The number of nitrogens with zero attached hydrogens (tertiary/aromatic N) is 2. The van der Waals surface area contributed by atoms with Gasteiger partial charge in [0.1, 0.15) is 0 Å². The monoisotopic (exact) mass is 228 g/mol. The molecule has 98 valence electrons. The average molecular weight is 228 g/mol. The van der Waals surface area contributed by atoms with Crippen molar-refractivity contribution in [3.63, 3.8) is 0 Å². The van der Waals surface area contributed by atoms with Crippen LogP contribution in [0.5, 0.6) is 0 Å². The van der Waals surface area contributed by atoms with Gasteiger partial charge in [0.05, 0.1) is 0 Å². The molecule has 0 rings (SSSR count). The van der Waals surface area contributed by atoms with Gasteiger partial charge in [0.25, 0.3) is 0 Å². The van der Waals surface area contributed by atoms with E-state index < -0.39 is 0 Å². The highest BCUT2D eigenvalue weighted by atomic mass is 15.1. The van der Waals surface area contributed by atoms with Crippen molar-refractivity contribution in [2.45, 2.75) is 57.9 Å². The zero-order valence-corrected chi connectivity index (χ0v) is 12.3. The van der Waals surface area contributed by atoms with E-state index in [0.29, 0.717) is 5.54 Å². The lowest BCUT2D eigenvalue weighted by Crippen LogP contribution is -2.37. The van der Waals surface area contributed by atoms with Crippen molar-refractivity contribution >= 4 is 0 Å². The zero-order valence-electron chi connectivity index (χ0n) is 12.3. The van der Waals surface area contributed by atoms with Gasteiger partial charge in [-0.15, -0.1) is 0 Å². The normalized spacial score (nSPS) is 12.8. The smallest absolute Gasteiger partial charge is 0.0147 e. The van der Waals surface area contributed by atoms with Crippen molar-refractivity contribution in [2.75, 3.05) is 34.7 Å².